The molecule has 2 aromatic rings. The van der Waals surface area contributed by atoms with Crippen LogP contribution >= 0.6 is 0 Å². The van der Waals surface area contributed by atoms with Gasteiger partial charge in [-0.25, -0.2) is 0 Å². The monoisotopic (exact) mass is 282 g/mol. The third-order valence-corrected chi connectivity index (χ3v) is 3.29. The molecule has 1 heterocycles. The number of para-hydroxylation sites is 1. The summed E-state index contributed by atoms with van der Waals surface area (Å²) >= 11 is 0. The van der Waals surface area contributed by atoms with E-state index in [4.69, 9.17) is 4.74 Å². The van der Waals surface area contributed by atoms with Crippen LogP contribution in [0.25, 0.3) is 0 Å². The van der Waals surface area contributed by atoms with Crippen molar-refractivity contribution in [2.24, 2.45) is 0 Å². The van der Waals surface area contributed by atoms with Crippen molar-refractivity contribution in [3.05, 3.63) is 53.6 Å². The number of nitrogens with one attached hydrogen (secondary N) is 2. The second-order valence-electron chi connectivity index (χ2n) is 4.78. The molecule has 0 aromatic heterocycles. The highest BCUT2D eigenvalue weighted by Gasteiger charge is 2.20. The molecular formula is C16H14N2O3. The highest BCUT2D eigenvalue weighted by atomic mass is 16.5. The van der Waals surface area contributed by atoms with Gasteiger partial charge in [-0.15, -0.1) is 0 Å². The maximum absolute atomic E-state index is 12.3. The summed E-state index contributed by atoms with van der Waals surface area (Å²) in [7, 11) is 0. The van der Waals surface area contributed by atoms with E-state index in [9.17, 15) is 9.59 Å². The fourth-order valence-corrected chi connectivity index (χ4v) is 2.22. The fourth-order valence-electron chi connectivity index (χ4n) is 2.22. The van der Waals surface area contributed by atoms with Gasteiger partial charge in [0.05, 0.1) is 5.69 Å². The maximum atomic E-state index is 12.3. The van der Waals surface area contributed by atoms with E-state index in [1.165, 1.54) is 0 Å². The highest BCUT2D eigenvalue weighted by molar-refractivity contribution is 6.09. The maximum Gasteiger partial charge on any atom is 0.262 e. The van der Waals surface area contributed by atoms with Crippen LogP contribution in [0, 0.1) is 6.92 Å². The Bertz CT molecular complexity index is 725. The van der Waals surface area contributed by atoms with Crippen LogP contribution in [-0.2, 0) is 4.79 Å². The van der Waals surface area contributed by atoms with E-state index in [0.29, 0.717) is 22.7 Å². The highest BCUT2D eigenvalue weighted by Crippen LogP contribution is 2.35. The van der Waals surface area contributed by atoms with Crippen LogP contribution in [0.2, 0.25) is 0 Å². The van der Waals surface area contributed by atoms with Crippen LogP contribution < -0.4 is 15.4 Å². The first-order valence-corrected chi connectivity index (χ1v) is 6.58. The molecule has 0 fully saturated rings. The lowest BCUT2D eigenvalue weighted by Crippen LogP contribution is -2.26. The minimum atomic E-state index is -0.236. The molecule has 106 valence electrons. The predicted molar refractivity (Wildman–Crippen MR) is 79.7 cm³/mol. The van der Waals surface area contributed by atoms with E-state index >= 15 is 0 Å². The lowest BCUT2D eigenvalue weighted by molar-refractivity contribution is -0.118. The third kappa shape index (κ3) is 2.58. The molecule has 0 aliphatic carbocycles. The standard InChI is InChI=1S/C16H14N2O3/c1-10-5-2-3-6-11(10)16(20)17-12-7-4-8-13-15(12)18-14(19)9-21-13/h2-8H,9H2,1H3,(H,17,20)(H,18,19). The van der Waals surface area contributed by atoms with Crippen LogP contribution in [0.15, 0.2) is 42.5 Å². The molecule has 1 aliphatic rings. The van der Waals surface area contributed by atoms with E-state index in [1.807, 2.05) is 25.1 Å². The number of carbonyl (C=O) groups excluding carboxylic acids is 2. The van der Waals surface area contributed by atoms with Crippen LogP contribution in [0.4, 0.5) is 11.4 Å². The molecule has 0 atom stereocenters. The number of benzene rings is 2. The molecule has 2 aromatic carbocycles. The van der Waals surface area contributed by atoms with Crippen molar-refractivity contribution in [1.29, 1.82) is 0 Å². The van der Waals surface area contributed by atoms with Gasteiger partial charge in [-0.3, -0.25) is 9.59 Å². The summed E-state index contributed by atoms with van der Waals surface area (Å²) in [6, 6.07) is 12.6. The third-order valence-electron chi connectivity index (χ3n) is 3.29. The van der Waals surface area contributed by atoms with Crippen molar-refractivity contribution < 1.29 is 14.3 Å². The van der Waals surface area contributed by atoms with E-state index < -0.39 is 0 Å². The van der Waals surface area contributed by atoms with Gasteiger partial charge in [-0.1, -0.05) is 24.3 Å². The van der Waals surface area contributed by atoms with Gasteiger partial charge in [0, 0.05) is 5.56 Å². The van der Waals surface area contributed by atoms with Gasteiger partial charge in [0.25, 0.3) is 11.8 Å². The summed E-state index contributed by atoms with van der Waals surface area (Å²) in [4.78, 5) is 23.8. The lowest BCUT2D eigenvalue weighted by atomic mass is 10.1. The molecule has 0 saturated heterocycles. The zero-order chi connectivity index (χ0) is 14.8. The van der Waals surface area contributed by atoms with Crippen molar-refractivity contribution in [2.75, 3.05) is 17.2 Å². The van der Waals surface area contributed by atoms with E-state index in [1.54, 1.807) is 24.3 Å². The number of anilines is 2. The quantitative estimate of drug-likeness (QED) is 0.889. The molecule has 0 radical (unpaired) electrons. The number of hydrogen-bond donors (Lipinski definition) is 2. The molecular weight excluding hydrogens is 268 g/mol. The van der Waals surface area contributed by atoms with Gasteiger partial charge < -0.3 is 15.4 Å². The van der Waals surface area contributed by atoms with Crippen LogP contribution in [-0.4, -0.2) is 18.4 Å². The van der Waals surface area contributed by atoms with Gasteiger partial charge in [0.15, 0.2) is 6.61 Å². The SMILES string of the molecule is Cc1ccccc1C(=O)Nc1cccc2c1NC(=O)CO2. The Morgan fingerprint density at radius 2 is 2.00 bits per heavy atom. The largest absolute Gasteiger partial charge is 0.481 e. The normalized spacial score (nSPS) is 12.9. The summed E-state index contributed by atoms with van der Waals surface area (Å²) in [6.07, 6.45) is 0. The summed E-state index contributed by atoms with van der Waals surface area (Å²) in [5, 5.41) is 5.54. The van der Waals surface area contributed by atoms with E-state index in [2.05, 4.69) is 10.6 Å². The zero-order valence-electron chi connectivity index (χ0n) is 11.5. The Morgan fingerprint density at radius 3 is 2.81 bits per heavy atom. The minimum absolute atomic E-state index is 0.0117. The number of hydrogen-bond acceptors (Lipinski definition) is 3. The first kappa shape index (κ1) is 13.2. The number of fused-ring (bicyclic) bond motifs is 1. The van der Waals surface area contributed by atoms with Gasteiger partial charge in [0.1, 0.15) is 11.4 Å². The average molecular weight is 282 g/mol. The molecule has 5 heteroatoms. The fraction of sp³-hybridized carbons (Fsp3) is 0.125. The Hall–Kier alpha value is -2.82. The Labute approximate surface area is 121 Å². The van der Waals surface area contributed by atoms with Crippen LogP contribution in [0.1, 0.15) is 15.9 Å². The van der Waals surface area contributed by atoms with Crippen LogP contribution in [0.5, 0.6) is 5.75 Å². The van der Waals surface area contributed by atoms with Crippen LogP contribution in [0.3, 0.4) is 0 Å². The predicted octanol–water partition coefficient (Wildman–Crippen LogP) is 2.58. The molecule has 2 N–H and O–H groups in total. The zero-order valence-corrected chi connectivity index (χ0v) is 11.5. The Kier molecular flexibility index (Phi) is 3.31. The number of amides is 2. The van der Waals surface area contributed by atoms with Crippen molar-refractivity contribution in [3.63, 3.8) is 0 Å². The van der Waals surface area contributed by atoms with Gasteiger partial charge in [-0.2, -0.15) is 0 Å². The molecule has 1 aliphatic heterocycles. The Morgan fingerprint density at radius 1 is 1.19 bits per heavy atom. The number of ether oxygens (including phenoxy) is 1. The molecule has 2 amide bonds. The minimum Gasteiger partial charge on any atom is -0.481 e. The lowest BCUT2D eigenvalue weighted by Gasteiger charge is -2.21. The van der Waals surface area contributed by atoms with Crippen molar-refractivity contribution in [3.8, 4) is 5.75 Å². The number of rotatable bonds is 2. The first-order chi connectivity index (χ1) is 10.1. The Balaban J connectivity index is 1.91. The second-order valence-corrected chi connectivity index (χ2v) is 4.78. The van der Waals surface area contributed by atoms with Crippen molar-refractivity contribution in [2.45, 2.75) is 6.92 Å². The van der Waals surface area contributed by atoms with Gasteiger partial charge in [-0.05, 0) is 30.7 Å². The van der Waals surface area contributed by atoms with E-state index in [-0.39, 0.29) is 18.4 Å². The van der Waals surface area contributed by atoms with Gasteiger partial charge in [0.2, 0.25) is 0 Å². The first-order valence-electron chi connectivity index (χ1n) is 6.58. The average Bonchev–Trinajstić information content (AvgIpc) is 2.48. The van der Waals surface area contributed by atoms with Crippen molar-refractivity contribution in [1.82, 2.24) is 0 Å². The number of aryl methyl sites for hydroxylation is 1. The van der Waals surface area contributed by atoms with Gasteiger partial charge >= 0.3 is 0 Å². The summed E-state index contributed by atoms with van der Waals surface area (Å²) < 4.78 is 5.32. The smallest absolute Gasteiger partial charge is 0.262 e. The van der Waals surface area contributed by atoms with Crippen molar-refractivity contribution >= 4 is 23.2 Å². The molecule has 0 saturated carbocycles. The summed E-state index contributed by atoms with van der Waals surface area (Å²) in [5.74, 6) is 0.0959. The summed E-state index contributed by atoms with van der Waals surface area (Å²) in [6.45, 7) is 1.86. The molecule has 0 unspecified atom stereocenters. The molecule has 0 bridgehead atoms. The summed E-state index contributed by atoms with van der Waals surface area (Å²) in [5.41, 5.74) is 2.50. The topological polar surface area (TPSA) is 67.4 Å². The second kappa shape index (κ2) is 5.28. The molecule has 3 rings (SSSR count). The van der Waals surface area contributed by atoms with E-state index in [0.717, 1.165) is 5.56 Å². The molecule has 5 nitrogen and oxygen atoms in total. The number of carbonyl (C=O) groups is 2. The molecule has 0 spiro atoms. The molecule has 21 heavy (non-hydrogen) atoms.